The summed E-state index contributed by atoms with van der Waals surface area (Å²) in [5, 5.41) is 13.0. The summed E-state index contributed by atoms with van der Waals surface area (Å²) in [7, 11) is 0. The van der Waals surface area contributed by atoms with Crippen LogP contribution in [0.2, 0.25) is 0 Å². The van der Waals surface area contributed by atoms with E-state index >= 15 is 0 Å². The number of hydrazone groups is 1. The maximum Gasteiger partial charge on any atom is 0.250 e. The van der Waals surface area contributed by atoms with Gasteiger partial charge in [-0.05, 0) is 61.5 Å². The lowest BCUT2D eigenvalue weighted by Crippen LogP contribution is -2.20. The molecule has 0 fully saturated rings. The predicted octanol–water partition coefficient (Wildman–Crippen LogP) is 4.87. The minimum atomic E-state index is -0.438. The molecule has 0 aliphatic rings. The summed E-state index contributed by atoms with van der Waals surface area (Å²) in [6.07, 6.45) is 4.64. The molecule has 35 heavy (non-hydrogen) atoms. The summed E-state index contributed by atoms with van der Waals surface area (Å²) in [5.41, 5.74) is 4.26. The summed E-state index contributed by atoms with van der Waals surface area (Å²) < 4.78 is 21.9. The first-order valence-corrected chi connectivity index (χ1v) is 12.3. The quantitative estimate of drug-likeness (QED) is 0.180. The molecule has 0 aliphatic carbocycles. The van der Waals surface area contributed by atoms with Gasteiger partial charge in [0, 0.05) is 33.7 Å². The van der Waals surface area contributed by atoms with Gasteiger partial charge in [-0.2, -0.15) is 5.10 Å². The summed E-state index contributed by atoms with van der Waals surface area (Å²) >= 11 is 4.48. The van der Waals surface area contributed by atoms with Crippen LogP contribution in [0.1, 0.15) is 12.5 Å². The average molecular weight is 555 g/mol. The molecule has 1 amide bonds. The third-order valence-corrected chi connectivity index (χ3v) is 6.06. The number of thioether (sulfide) groups is 1. The first-order valence-electron chi connectivity index (χ1n) is 10.5. The number of carbonyl (C=O) groups is 1. The Morgan fingerprint density at radius 1 is 1.23 bits per heavy atom. The fraction of sp³-hybridized carbons (Fsp3) is 0.125. The van der Waals surface area contributed by atoms with Crippen LogP contribution in [0.5, 0.6) is 5.75 Å². The van der Waals surface area contributed by atoms with Crippen molar-refractivity contribution in [1.29, 1.82) is 0 Å². The van der Waals surface area contributed by atoms with Crippen LogP contribution in [-0.4, -0.2) is 44.2 Å². The third-order valence-electron chi connectivity index (χ3n) is 4.64. The Hall–Kier alpha value is -3.57. The highest BCUT2D eigenvalue weighted by Crippen LogP contribution is 2.28. The largest absolute Gasteiger partial charge is 0.494 e. The van der Waals surface area contributed by atoms with E-state index in [-0.39, 0.29) is 17.2 Å². The van der Waals surface area contributed by atoms with Crippen molar-refractivity contribution < 1.29 is 13.9 Å². The normalized spacial score (nSPS) is 11.1. The van der Waals surface area contributed by atoms with Crippen molar-refractivity contribution >= 4 is 39.8 Å². The minimum Gasteiger partial charge on any atom is -0.494 e. The number of aromatic nitrogens is 4. The van der Waals surface area contributed by atoms with E-state index in [1.54, 1.807) is 24.5 Å². The fourth-order valence-electron chi connectivity index (χ4n) is 3.09. The van der Waals surface area contributed by atoms with Crippen LogP contribution >= 0.6 is 27.7 Å². The Balaban J connectivity index is 1.51. The molecule has 178 valence electrons. The number of ether oxygens (including phenoxy) is 1. The average Bonchev–Trinajstić information content (AvgIpc) is 3.30. The SMILES string of the molecule is CCOc1ccc(-n2c(SCC(=O)NN=Cc3cc(Br)ccc3F)nnc2-c2cccnc2)cc1. The minimum absolute atomic E-state index is 0.0283. The molecule has 2 heterocycles. The number of nitrogens with zero attached hydrogens (tertiary/aromatic N) is 5. The molecular formula is C24H20BrFN6O2S. The zero-order chi connectivity index (χ0) is 24.6. The van der Waals surface area contributed by atoms with E-state index in [2.05, 4.69) is 41.6 Å². The van der Waals surface area contributed by atoms with E-state index in [4.69, 9.17) is 4.74 Å². The van der Waals surface area contributed by atoms with Crippen molar-refractivity contribution in [3.63, 3.8) is 0 Å². The maximum absolute atomic E-state index is 13.8. The first kappa shape index (κ1) is 24.6. The van der Waals surface area contributed by atoms with Crippen LogP contribution in [0.25, 0.3) is 17.1 Å². The van der Waals surface area contributed by atoms with Gasteiger partial charge in [0.05, 0.1) is 18.6 Å². The molecule has 1 N–H and O–H groups in total. The van der Waals surface area contributed by atoms with Gasteiger partial charge in [-0.15, -0.1) is 10.2 Å². The zero-order valence-electron chi connectivity index (χ0n) is 18.6. The molecule has 11 heteroatoms. The third kappa shape index (κ3) is 6.31. The second kappa shape index (κ2) is 11.7. The van der Waals surface area contributed by atoms with Crippen LogP contribution in [0.3, 0.4) is 0 Å². The number of carbonyl (C=O) groups excluding carboxylic acids is 1. The lowest BCUT2D eigenvalue weighted by molar-refractivity contribution is -0.118. The van der Waals surface area contributed by atoms with E-state index in [9.17, 15) is 9.18 Å². The number of pyridine rings is 1. The van der Waals surface area contributed by atoms with Gasteiger partial charge in [0.1, 0.15) is 11.6 Å². The van der Waals surface area contributed by atoms with Crippen molar-refractivity contribution in [3.05, 3.63) is 82.8 Å². The van der Waals surface area contributed by atoms with E-state index in [1.165, 1.54) is 24.0 Å². The fourth-order valence-corrected chi connectivity index (χ4v) is 4.21. The number of hydrogen-bond donors (Lipinski definition) is 1. The van der Waals surface area contributed by atoms with Crippen molar-refractivity contribution in [2.45, 2.75) is 12.1 Å². The predicted molar refractivity (Wildman–Crippen MR) is 136 cm³/mol. The molecule has 4 rings (SSSR count). The number of halogens is 2. The molecule has 0 unspecified atom stereocenters. The molecule has 0 saturated heterocycles. The molecule has 2 aromatic heterocycles. The van der Waals surface area contributed by atoms with Crippen LogP contribution < -0.4 is 10.2 Å². The Bertz CT molecular complexity index is 1330. The van der Waals surface area contributed by atoms with Crippen LogP contribution in [0, 0.1) is 5.82 Å². The molecule has 8 nitrogen and oxygen atoms in total. The summed E-state index contributed by atoms with van der Waals surface area (Å²) in [5.74, 6) is 0.562. The van der Waals surface area contributed by atoms with Gasteiger partial charge < -0.3 is 4.74 Å². The number of benzene rings is 2. The Morgan fingerprint density at radius 2 is 2.06 bits per heavy atom. The van der Waals surface area contributed by atoms with Crippen molar-refractivity contribution in [1.82, 2.24) is 25.2 Å². The van der Waals surface area contributed by atoms with E-state index in [0.717, 1.165) is 17.0 Å². The highest BCUT2D eigenvalue weighted by atomic mass is 79.9. The van der Waals surface area contributed by atoms with Gasteiger partial charge in [0.25, 0.3) is 5.91 Å². The molecule has 0 bridgehead atoms. The molecule has 0 radical (unpaired) electrons. The van der Waals surface area contributed by atoms with Crippen molar-refractivity contribution in [2.24, 2.45) is 5.10 Å². The monoisotopic (exact) mass is 554 g/mol. The highest BCUT2D eigenvalue weighted by Gasteiger charge is 2.17. The number of amides is 1. The molecule has 0 atom stereocenters. The van der Waals surface area contributed by atoms with Crippen LogP contribution in [0.15, 0.2) is 81.7 Å². The molecule has 0 aliphatic heterocycles. The van der Waals surface area contributed by atoms with E-state index < -0.39 is 5.82 Å². The molecule has 0 spiro atoms. The van der Waals surface area contributed by atoms with Gasteiger partial charge in [-0.3, -0.25) is 14.3 Å². The van der Waals surface area contributed by atoms with Crippen LogP contribution in [0.4, 0.5) is 4.39 Å². The lowest BCUT2D eigenvalue weighted by Gasteiger charge is -2.11. The lowest BCUT2D eigenvalue weighted by atomic mass is 10.2. The number of hydrogen-bond acceptors (Lipinski definition) is 7. The number of rotatable bonds is 9. The topological polar surface area (TPSA) is 94.3 Å². The molecular weight excluding hydrogens is 535 g/mol. The maximum atomic E-state index is 13.8. The van der Waals surface area contributed by atoms with Crippen LogP contribution in [-0.2, 0) is 4.79 Å². The van der Waals surface area contributed by atoms with Gasteiger partial charge in [-0.1, -0.05) is 27.7 Å². The Labute approximate surface area is 213 Å². The van der Waals surface area contributed by atoms with Gasteiger partial charge in [0.15, 0.2) is 11.0 Å². The van der Waals surface area contributed by atoms with Gasteiger partial charge in [0.2, 0.25) is 0 Å². The second-order valence-electron chi connectivity index (χ2n) is 7.06. The molecule has 2 aromatic carbocycles. The van der Waals surface area contributed by atoms with Gasteiger partial charge >= 0.3 is 0 Å². The van der Waals surface area contributed by atoms with E-state index in [1.807, 2.05) is 47.9 Å². The zero-order valence-corrected chi connectivity index (χ0v) is 21.0. The second-order valence-corrected chi connectivity index (χ2v) is 8.92. The van der Waals surface area contributed by atoms with E-state index in [0.29, 0.717) is 22.1 Å². The standard InChI is InChI=1S/C24H20BrFN6O2S/c1-2-34-20-8-6-19(7-9-20)32-23(16-4-3-11-27-13-16)30-31-24(32)35-15-22(33)29-28-14-17-12-18(25)5-10-21(17)26/h3-14H,2,15H2,1H3,(H,29,33). The molecule has 4 aromatic rings. The summed E-state index contributed by atoms with van der Waals surface area (Å²) in [6, 6.07) is 15.7. The summed E-state index contributed by atoms with van der Waals surface area (Å²) in [6.45, 7) is 2.49. The summed E-state index contributed by atoms with van der Waals surface area (Å²) in [4.78, 5) is 16.5. The smallest absolute Gasteiger partial charge is 0.250 e. The van der Waals surface area contributed by atoms with Gasteiger partial charge in [-0.25, -0.2) is 9.82 Å². The van der Waals surface area contributed by atoms with Crippen molar-refractivity contribution in [2.75, 3.05) is 12.4 Å². The first-order chi connectivity index (χ1) is 17.0. The highest BCUT2D eigenvalue weighted by molar-refractivity contribution is 9.10. The molecule has 0 saturated carbocycles. The van der Waals surface area contributed by atoms with Crippen molar-refractivity contribution in [3.8, 4) is 22.8 Å². The Morgan fingerprint density at radius 3 is 2.80 bits per heavy atom. The number of nitrogens with one attached hydrogen (secondary N) is 1. The Kier molecular flexibility index (Phi) is 8.22.